The maximum absolute atomic E-state index is 9.55. The zero-order chi connectivity index (χ0) is 13.1. The molecule has 9 heteroatoms. The van der Waals surface area contributed by atoms with Crippen molar-refractivity contribution in [1.29, 1.82) is 0 Å². The number of hydrogen-bond donors (Lipinski definition) is 4. The number of carbonyl (C=O) groups is 4. The van der Waals surface area contributed by atoms with E-state index in [-0.39, 0.29) is 52.8 Å². The first-order valence-corrected chi connectivity index (χ1v) is 3.53. The maximum atomic E-state index is 9.55. The number of aliphatic carboxylic acids is 4. The molecule has 0 spiro atoms. The van der Waals surface area contributed by atoms with E-state index in [1.54, 1.807) is 0 Å². The number of carboxylic acid groups (broad SMARTS) is 4. The summed E-state index contributed by atoms with van der Waals surface area (Å²) in [5.74, 6) is -5.03. The zero-order valence-corrected chi connectivity index (χ0v) is 11.9. The smallest absolute Gasteiger partial charge is 1.00 e. The molecular formula is C8H9KO8. The van der Waals surface area contributed by atoms with Crippen LogP contribution in [0, 0.1) is 0 Å². The molecule has 0 radical (unpaired) electrons. The summed E-state index contributed by atoms with van der Waals surface area (Å²) in [5.41, 5.74) is 0. The third-order valence-corrected chi connectivity index (χ3v) is 0.737. The fraction of sp³-hybridized carbons (Fsp3) is 0. The molecule has 0 unspecified atom stereocenters. The predicted octanol–water partition coefficient (Wildman–Crippen LogP) is -3.46. The van der Waals surface area contributed by atoms with E-state index in [0.29, 0.717) is 24.3 Å². The number of carboxylic acids is 4. The van der Waals surface area contributed by atoms with Gasteiger partial charge in [-0.2, -0.15) is 0 Å². The molecule has 0 saturated heterocycles. The summed E-state index contributed by atoms with van der Waals surface area (Å²) < 4.78 is 0. The van der Waals surface area contributed by atoms with Gasteiger partial charge in [0.2, 0.25) is 0 Å². The van der Waals surface area contributed by atoms with Crippen LogP contribution >= 0.6 is 0 Å². The monoisotopic (exact) mass is 272 g/mol. The molecular weight excluding hydrogens is 263 g/mol. The van der Waals surface area contributed by atoms with Crippen molar-refractivity contribution in [3.05, 3.63) is 24.3 Å². The topological polar surface area (TPSA) is 149 Å². The minimum Gasteiger partial charge on any atom is -1.00 e. The van der Waals surface area contributed by atoms with Crippen molar-refractivity contribution in [2.75, 3.05) is 0 Å². The normalized spacial score (nSPS) is 8.94. The molecule has 17 heavy (non-hydrogen) atoms. The third-order valence-electron chi connectivity index (χ3n) is 0.737. The Hall–Kier alpha value is -1.00. The van der Waals surface area contributed by atoms with E-state index >= 15 is 0 Å². The van der Waals surface area contributed by atoms with Crippen LogP contribution in [0.1, 0.15) is 1.43 Å². The Morgan fingerprint density at radius 1 is 0.588 bits per heavy atom. The number of rotatable bonds is 4. The van der Waals surface area contributed by atoms with Gasteiger partial charge in [0.05, 0.1) is 0 Å². The summed E-state index contributed by atoms with van der Waals surface area (Å²) in [6, 6.07) is 0. The van der Waals surface area contributed by atoms with Gasteiger partial charge in [-0.1, -0.05) is 0 Å². The zero-order valence-electron chi connectivity index (χ0n) is 9.73. The van der Waals surface area contributed by atoms with E-state index in [9.17, 15) is 19.2 Å². The largest absolute Gasteiger partial charge is 1.00 e. The van der Waals surface area contributed by atoms with Crippen LogP contribution in [0.3, 0.4) is 0 Å². The first-order valence-electron chi connectivity index (χ1n) is 3.53. The van der Waals surface area contributed by atoms with E-state index in [4.69, 9.17) is 20.4 Å². The summed E-state index contributed by atoms with van der Waals surface area (Å²) in [6.45, 7) is 0. The molecule has 0 aromatic carbocycles. The van der Waals surface area contributed by atoms with Gasteiger partial charge < -0.3 is 21.9 Å². The van der Waals surface area contributed by atoms with Gasteiger partial charge in [0.15, 0.2) is 0 Å². The Morgan fingerprint density at radius 3 is 0.765 bits per heavy atom. The van der Waals surface area contributed by atoms with Crippen molar-refractivity contribution in [3.63, 3.8) is 0 Å². The standard InChI is InChI=1S/2C4H4O4.K.H/c2*5-3(6)1-2-4(7)8;;/h2*1-2H,(H,5,6)(H,7,8);;/q;;+1;-1. The summed E-state index contributed by atoms with van der Waals surface area (Å²) in [4.78, 5) is 38.2. The van der Waals surface area contributed by atoms with Crippen molar-refractivity contribution < 1.29 is 92.4 Å². The van der Waals surface area contributed by atoms with Gasteiger partial charge in [0, 0.05) is 24.3 Å². The third kappa shape index (κ3) is 31.3. The van der Waals surface area contributed by atoms with Gasteiger partial charge in [-0.15, -0.1) is 0 Å². The summed E-state index contributed by atoms with van der Waals surface area (Å²) >= 11 is 0. The average Bonchev–Trinajstić information content (AvgIpc) is 2.12. The van der Waals surface area contributed by atoms with E-state index in [0.717, 1.165) is 0 Å². The minimum atomic E-state index is -1.26. The molecule has 4 N–H and O–H groups in total. The molecule has 8 nitrogen and oxygen atoms in total. The molecule has 0 aliphatic heterocycles. The van der Waals surface area contributed by atoms with Crippen molar-refractivity contribution in [2.45, 2.75) is 0 Å². The second kappa shape index (κ2) is 13.1. The summed E-state index contributed by atoms with van der Waals surface area (Å²) in [5, 5.41) is 31.2. The van der Waals surface area contributed by atoms with Crippen LogP contribution in [0.2, 0.25) is 0 Å². The molecule has 0 atom stereocenters. The second-order valence-electron chi connectivity index (χ2n) is 2.02. The van der Waals surface area contributed by atoms with Crippen LogP contribution in [-0.4, -0.2) is 44.3 Å². The van der Waals surface area contributed by atoms with Gasteiger partial charge in [-0.25, -0.2) is 19.2 Å². The summed E-state index contributed by atoms with van der Waals surface area (Å²) in [7, 11) is 0. The average molecular weight is 272 g/mol. The molecule has 90 valence electrons. The van der Waals surface area contributed by atoms with Crippen molar-refractivity contribution in [3.8, 4) is 0 Å². The Kier molecular flexibility index (Phi) is 16.4. The second-order valence-corrected chi connectivity index (χ2v) is 2.02. The van der Waals surface area contributed by atoms with Crippen LogP contribution < -0.4 is 51.4 Å². The Bertz CT molecular complexity index is 283. The molecule has 0 aromatic heterocycles. The van der Waals surface area contributed by atoms with Crippen LogP contribution in [0.4, 0.5) is 0 Å². The van der Waals surface area contributed by atoms with E-state index in [1.807, 2.05) is 0 Å². The molecule has 0 rings (SSSR count). The molecule has 0 aliphatic carbocycles. The Morgan fingerprint density at radius 2 is 0.706 bits per heavy atom. The van der Waals surface area contributed by atoms with Gasteiger partial charge in [-0.3, -0.25) is 0 Å². The molecule has 0 aromatic rings. The molecule has 0 saturated carbocycles. The molecule has 0 amide bonds. The van der Waals surface area contributed by atoms with Gasteiger partial charge in [0.1, 0.15) is 0 Å². The maximum Gasteiger partial charge on any atom is 1.00 e. The van der Waals surface area contributed by atoms with Gasteiger partial charge in [0.25, 0.3) is 0 Å². The Balaban J connectivity index is -0.0000000980. The summed E-state index contributed by atoms with van der Waals surface area (Å²) in [6.07, 6.45) is 2.23. The minimum absolute atomic E-state index is 0. The van der Waals surface area contributed by atoms with E-state index in [2.05, 4.69) is 0 Å². The van der Waals surface area contributed by atoms with Crippen molar-refractivity contribution >= 4 is 23.9 Å². The van der Waals surface area contributed by atoms with Crippen LogP contribution in [0.5, 0.6) is 0 Å². The first-order chi connectivity index (χ1) is 7.25. The quantitative estimate of drug-likeness (QED) is 0.305. The van der Waals surface area contributed by atoms with Crippen molar-refractivity contribution in [1.82, 2.24) is 0 Å². The Labute approximate surface area is 139 Å². The molecule has 0 heterocycles. The van der Waals surface area contributed by atoms with Gasteiger partial charge >= 0.3 is 75.3 Å². The van der Waals surface area contributed by atoms with Gasteiger partial charge in [-0.05, 0) is 0 Å². The molecule has 0 bridgehead atoms. The first kappa shape index (κ1) is 21.3. The van der Waals surface area contributed by atoms with Crippen molar-refractivity contribution in [2.24, 2.45) is 0 Å². The molecule has 0 fully saturated rings. The van der Waals surface area contributed by atoms with Crippen LogP contribution in [0.15, 0.2) is 24.3 Å². The SMILES string of the molecule is O=C(O)C=CC(=O)O.O=C(O)C=CC(=O)O.[H-].[K+]. The van der Waals surface area contributed by atoms with E-state index in [1.165, 1.54) is 0 Å². The number of hydrogen-bond acceptors (Lipinski definition) is 4. The predicted molar refractivity (Wildman–Crippen MR) is 49.9 cm³/mol. The van der Waals surface area contributed by atoms with E-state index < -0.39 is 23.9 Å². The molecule has 0 aliphatic rings. The van der Waals surface area contributed by atoms with Crippen LogP contribution in [0.25, 0.3) is 0 Å². The fourth-order valence-electron chi connectivity index (χ4n) is 0.285. The van der Waals surface area contributed by atoms with Crippen LogP contribution in [-0.2, 0) is 19.2 Å². The fourth-order valence-corrected chi connectivity index (χ4v) is 0.285.